The van der Waals surface area contributed by atoms with Gasteiger partial charge in [0, 0.05) is 5.56 Å². The van der Waals surface area contributed by atoms with Crippen molar-refractivity contribution in [3.63, 3.8) is 0 Å². The lowest BCUT2D eigenvalue weighted by Crippen LogP contribution is -1.91. The number of benzene rings is 2. The molecule has 0 saturated carbocycles. The fourth-order valence-corrected chi connectivity index (χ4v) is 2.73. The molecule has 0 unspecified atom stereocenters. The van der Waals surface area contributed by atoms with Crippen LogP contribution in [0.4, 0.5) is 0 Å². The van der Waals surface area contributed by atoms with Gasteiger partial charge in [0.15, 0.2) is 23.0 Å². The molecule has 0 atom stereocenters. The standard InChI is InChI=1S/C18H14Cl2N2O5/c1-25-14-4-3-10(8-15(14)26-2)17-21-18(27-22-17)12(20)6-9-5-11(19)16(24)13(23)7-9/h3-8,23-24H,1-2H3/b12-6-. The minimum atomic E-state index is -0.404. The molecular weight excluding hydrogens is 395 g/mol. The summed E-state index contributed by atoms with van der Waals surface area (Å²) < 4.78 is 15.6. The van der Waals surface area contributed by atoms with Gasteiger partial charge in [-0.3, -0.25) is 0 Å². The second-order valence-electron chi connectivity index (χ2n) is 5.36. The summed E-state index contributed by atoms with van der Waals surface area (Å²) in [7, 11) is 3.07. The van der Waals surface area contributed by atoms with Crippen LogP contribution < -0.4 is 9.47 Å². The summed E-state index contributed by atoms with van der Waals surface area (Å²) in [5.41, 5.74) is 1.10. The average Bonchev–Trinajstić information content (AvgIpc) is 3.15. The summed E-state index contributed by atoms with van der Waals surface area (Å²) in [6, 6.07) is 7.93. The first-order chi connectivity index (χ1) is 12.9. The highest BCUT2D eigenvalue weighted by molar-refractivity contribution is 6.50. The quantitative estimate of drug-likeness (QED) is 0.597. The van der Waals surface area contributed by atoms with E-state index in [0.717, 1.165) is 0 Å². The van der Waals surface area contributed by atoms with Crippen LogP contribution in [-0.4, -0.2) is 34.6 Å². The van der Waals surface area contributed by atoms with Gasteiger partial charge in [0.2, 0.25) is 5.82 Å². The molecule has 1 heterocycles. The lowest BCUT2D eigenvalue weighted by molar-refractivity contribution is 0.355. The van der Waals surface area contributed by atoms with Crippen LogP contribution in [0.5, 0.6) is 23.0 Å². The molecule has 0 bridgehead atoms. The van der Waals surface area contributed by atoms with Crippen molar-refractivity contribution in [3.8, 4) is 34.4 Å². The molecule has 0 aliphatic carbocycles. The van der Waals surface area contributed by atoms with Gasteiger partial charge in [0.25, 0.3) is 5.89 Å². The van der Waals surface area contributed by atoms with E-state index in [1.807, 2.05) is 0 Å². The third-order valence-electron chi connectivity index (χ3n) is 3.63. The van der Waals surface area contributed by atoms with Gasteiger partial charge < -0.3 is 24.2 Å². The van der Waals surface area contributed by atoms with E-state index in [2.05, 4.69) is 10.1 Å². The number of ether oxygens (including phenoxy) is 2. The molecule has 0 amide bonds. The van der Waals surface area contributed by atoms with Gasteiger partial charge in [-0.2, -0.15) is 4.98 Å². The number of hydrogen-bond acceptors (Lipinski definition) is 7. The molecule has 2 aromatic carbocycles. The summed E-state index contributed by atoms with van der Waals surface area (Å²) in [6.07, 6.45) is 1.47. The van der Waals surface area contributed by atoms with Crippen molar-refractivity contribution in [3.05, 3.63) is 46.8 Å². The highest BCUT2D eigenvalue weighted by Gasteiger charge is 2.15. The Kier molecular flexibility index (Phi) is 5.43. The van der Waals surface area contributed by atoms with Crippen LogP contribution in [0, 0.1) is 0 Å². The Hall–Kier alpha value is -2.90. The van der Waals surface area contributed by atoms with E-state index in [0.29, 0.717) is 28.5 Å². The number of rotatable bonds is 5. The van der Waals surface area contributed by atoms with E-state index in [-0.39, 0.29) is 21.7 Å². The molecule has 0 aliphatic heterocycles. The van der Waals surface area contributed by atoms with Crippen LogP contribution in [-0.2, 0) is 0 Å². The molecule has 9 heteroatoms. The average molecular weight is 409 g/mol. The number of aromatic hydroxyl groups is 2. The van der Waals surface area contributed by atoms with Gasteiger partial charge >= 0.3 is 0 Å². The van der Waals surface area contributed by atoms with E-state index >= 15 is 0 Å². The minimum Gasteiger partial charge on any atom is -0.504 e. The first kappa shape index (κ1) is 18.9. The predicted octanol–water partition coefficient (Wildman–Crippen LogP) is 4.56. The summed E-state index contributed by atoms with van der Waals surface area (Å²) in [4.78, 5) is 4.25. The molecule has 0 spiro atoms. The molecule has 0 radical (unpaired) electrons. The topological polar surface area (TPSA) is 97.8 Å². The van der Waals surface area contributed by atoms with Crippen molar-refractivity contribution in [2.75, 3.05) is 14.2 Å². The Bertz CT molecular complexity index is 994. The third-order valence-corrected chi connectivity index (χ3v) is 4.19. The first-order valence-electron chi connectivity index (χ1n) is 7.58. The van der Waals surface area contributed by atoms with Gasteiger partial charge in [-0.15, -0.1) is 0 Å². The molecule has 3 aromatic rings. The zero-order valence-corrected chi connectivity index (χ0v) is 15.7. The first-order valence-corrected chi connectivity index (χ1v) is 8.33. The van der Waals surface area contributed by atoms with Crippen LogP contribution in [0.2, 0.25) is 5.02 Å². The highest BCUT2D eigenvalue weighted by Crippen LogP contribution is 2.36. The molecule has 2 N–H and O–H groups in total. The molecule has 7 nitrogen and oxygen atoms in total. The van der Waals surface area contributed by atoms with Crippen LogP contribution in [0.3, 0.4) is 0 Å². The molecule has 27 heavy (non-hydrogen) atoms. The zero-order chi connectivity index (χ0) is 19.6. The molecule has 140 valence electrons. The Balaban J connectivity index is 1.91. The molecule has 3 rings (SSSR count). The van der Waals surface area contributed by atoms with Crippen molar-refractivity contribution in [2.45, 2.75) is 0 Å². The smallest absolute Gasteiger partial charge is 0.269 e. The number of phenolic OH excluding ortho intramolecular Hbond substituents is 2. The number of phenols is 2. The molecular formula is C18H14Cl2N2O5. The van der Waals surface area contributed by atoms with Gasteiger partial charge in [0.05, 0.1) is 19.2 Å². The second kappa shape index (κ2) is 7.77. The Morgan fingerprint density at radius 1 is 1.11 bits per heavy atom. The van der Waals surface area contributed by atoms with Crippen LogP contribution in [0.25, 0.3) is 22.5 Å². The summed E-state index contributed by atoms with van der Waals surface area (Å²) in [5, 5.41) is 23.2. The van der Waals surface area contributed by atoms with E-state index in [1.54, 1.807) is 25.3 Å². The summed E-state index contributed by atoms with van der Waals surface area (Å²) in [6.45, 7) is 0. The molecule has 0 fully saturated rings. The predicted molar refractivity (Wildman–Crippen MR) is 101 cm³/mol. The van der Waals surface area contributed by atoms with Gasteiger partial charge in [0.1, 0.15) is 5.03 Å². The van der Waals surface area contributed by atoms with Crippen LogP contribution in [0.15, 0.2) is 34.9 Å². The van der Waals surface area contributed by atoms with Crippen molar-refractivity contribution < 1.29 is 24.2 Å². The van der Waals surface area contributed by atoms with Crippen LogP contribution in [0.1, 0.15) is 11.5 Å². The SMILES string of the molecule is COc1ccc(-c2noc(/C(Cl)=C/c3cc(O)c(O)c(Cl)c3)n2)cc1OC. The summed E-state index contributed by atoms with van der Waals surface area (Å²) in [5.74, 6) is 0.714. The second-order valence-corrected chi connectivity index (χ2v) is 6.17. The molecule has 1 aromatic heterocycles. The number of halogens is 2. The van der Waals surface area contributed by atoms with E-state index in [9.17, 15) is 10.2 Å². The van der Waals surface area contributed by atoms with E-state index < -0.39 is 5.75 Å². The van der Waals surface area contributed by atoms with E-state index in [4.69, 9.17) is 37.2 Å². The van der Waals surface area contributed by atoms with Crippen molar-refractivity contribution >= 4 is 34.3 Å². The van der Waals surface area contributed by atoms with Gasteiger partial charge in [-0.1, -0.05) is 28.4 Å². The monoisotopic (exact) mass is 408 g/mol. The largest absolute Gasteiger partial charge is 0.504 e. The fourth-order valence-electron chi connectivity index (χ4n) is 2.31. The lowest BCUT2D eigenvalue weighted by atomic mass is 10.2. The molecule has 0 aliphatic rings. The maximum absolute atomic E-state index is 9.63. The minimum absolute atomic E-state index is 0.0118. The Morgan fingerprint density at radius 2 is 1.85 bits per heavy atom. The number of hydrogen-bond donors (Lipinski definition) is 2. The van der Waals surface area contributed by atoms with Crippen molar-refractivity contribution in [1.82, 2.24) is 10.1 Å². The van der Waals surface area contributed by atoms with E-state index in [1.165, 1.54) is 25.3 Å². The van der Waals surface area contributed by atoms with Crippen molar-refractivity contribution in [1.29, 1.82) is 0 Å². The zero-order valence-electron chi connectivity index (χ0n) is 14.2. The van der Waals surface area contributed by atoms with Gasteiger partial charge in [-0.25, -0.2) is 0 Å². The maximum atomic E-state index is 9.63. The number of nitrogens with zero attached hydrogens (tertiary/aromatic N) is 2. The van der Waals surface area contributed by atoms with Crippen molar-refractivity contribution in [2.24, 2.45) is 0 Å². The summed E-state index contributed by atoms with van der Waals surface area (Å²) >= 11 is 12.1. The number of methoxy groups -OCH3 is 2. The Morgan fingerprint density at radius 3 is 2.52 bits per heavy atom. The van der Waals surface area contributed by atoms with Gasteiger partial charge in [-0.05, 0) is 42.0 Å². The maximum Gasteiger partial charge on any atom is 0.269 e. The van der Waals surface area contributed by atoms with Crippen LogP contribution >= 0.6 is 23.2 Å². The third kappa shape index (κ3) is 3.94. The lowest BCUT2D eigenvalue weighted by Gasteiger charge is -2.07. The molecule has 0 saturated heterocycles. The Labute approximate surface area is 164 Å². The fraction of sp³-hybridized carbons (Fsp3) is 0.111. The normalized spacial score (nSPS) is 11.5. The number of aromatic nitrogens is 2. The highest BCUT2D eigenvalue weighted by atomic mass is 35.5.